The van der Waals surface area contributed by atoms with Crippen molar-refractivity contribution in [3.05, 3.63) is 251 Å². The summed E-state index contributed by atoms with van der Waals surface area (Å²) in [6.45, 7) is 34.9. The van der Waals surface area contributed by atoms with Gasteiger partial charge in [-0.25, -0.2) is 0 Å². The van der Waals surface area contributed by atoms with Crippen LogP contribution in [-0.2, 0) is 21.7 Å². The number of benzene rings is 10. The molecule has 0 saturated carbocycles. The van der Waals surface area contributed by atoms with E-state index in [0.29, 0.717) is 11.8 Å². The second-order valence-electron chi connectivity index (χ2n) is 28.7. The van der Waals surface area contributed by atoms with E-state index < -0.39 is 0 Å². The lowest BCUT2D eigenvalue weighted by molar-refractivity contribution is 0.590. The molecule has 0 atom stereocenters. The summed E-state index contributed by atoms with van der Waals surface area (Å²) in [6, 6.07) is 82.2. The van der Waals surface area contributed by atoms with Crippen molar-refractivity contribution < 1.29 is 0 Å². The first kappa shape index (κ1) is 55.8. The predicted octanol–water partition coefficient (Wildman–Crippen LogP) is 21.0. The van der Waals surface area contributed by atoms with E-state index in [1.54, 1.807) is 0 Å². The summed E-state index contributed by atoms with van der Waals surface area (Å²) in [6.07, 6.45) is 0. The van der Waals surface area contributed by atoms with E-state index in [-0.39, 0.29) is 28.4 Å². The first-order valence-corrected chi connectivity index (χ1v) is 31.1. The maximum atomic E-state index is 2.65. The van der Waals surface area contributed by atoms with Gasteiger partial charge < -0.3 is 14.7 Å². The fraction of sp³-hybridized carbons (Fsp3) is 0.259. The molecule has 0 spiro atoms. The molecule has 0 N–H and O–H groups in total. The number of hydrogen-bond donors (Lipinski definition) is 0. The van der Waals surface area contributed by atoms with Crippen molar-refractivity contribution in [2.45, 2.75) is 137 Å². The van der Waals surface area contributed by atoms with Gasteiger partial charge in [-0.05, 0) is 196 Å². The van der Waals surface area contributed by atoms with Crippen molar-refractivity contribution in [3.8, 4) is 33.4 Å². The molecule has 0 bridgehead atoms. The van der Waals surface area contributed by atoms with Crippen LogP contribution in [0, 0.1) is 0 Å². The van der Waals surface area contributed by atoms with Gasteiger partial charge >= 0.3 is 0 Å². The Kier molecular flexibility index (Phi) is 13.4. The molecule has 85 heavy (non-hydrogen) atoms. The Morgan fingerprint density at radius 2 is 0.835 bits per heavy atom. The predicted molar refractivity (Wildman–Crippen MR) is 368 cm³/mol. The minimum atomic E-state index is -0.201. The molecule has 0 saturated heterocycles. The van der Waals surface area contributed by atoms with Crippen LogP contribution in [0.4, 0.5) is 51.2 Å². The molecule has 0 fully saturated rings. The van der Waals surface area contributed by atoms with Crippen LogP contribution in [0.3, 0.4) is 0 Å². The first-order valence-electron chi connectivity index (χ1n) is 31.1. The van der Waals surface area contributed by atoms with Crippen LogP contribution in [-0.4, -0.2) is 6.71 Å². The van der Waals surface area contributed by atoms with Gasteiger partial charge in [-0.2, -0.15) is 0 Å². The van der Waals surface area contributed by atoms with Gasteiger partial charge in [-0.15, -0.1) is 0 Å². The molecule has 1 aliphatic carbocycles. The van der Waals surface area contributed by atoms with E-state index in [2.05, 4.69) is 331 Å². The van der Waals surface area contributed by atoms with E-state index in [0.717, 1.165) is 28.4 Å². The SMILES string of the molecule is CC(C)c1ccccc1-c1ccc(N2c3ccc(-c4ccccc4C(C)C)cc3B3c4ccc(N(c5ccc(C(C)(C)C)cc5)c5ccc(C(C)(C)C)cc5)cc4N(c4ccc5c(c4)C(C)(C)c4ccccc4-5)c4cc(C(C)(C)C)cc2c43)cc1. The Balaban J connectivity index is 1.11. The van der Waals surface area contributed by atoms with E-state index in [1.165, 1.54) is 111 Å². The van der Waals surface area contributed by atoms with E-state index in [1.807, 2.05) is 0 Å². The lowest BCUT2D eigenvalue weighted by Gasteiger charge is -2.45. The highest BCUT2D eigenvalue weighted by atomic mass is 15.2. The average Bonchev–Trinajstić information content (AvgIpc) is 0.990. The van der Waals surface area contributed by atoms with Crippen molar-refractivity contribution in [1.29, 1.82) is 0 Å². The summed E-state index contributed by atoms with van der Waals surface area (Å²) in [5.41, 5.74) is 31.1. The summed E-state index contributed by atoms with van der Waals surface area (Å²) in [5, 5.41) is 0. The zero-order valence-corrected chi connectivity index (χ0v) is 52.8. The van der Waals surface area contributed by atoms with Gasteiger partial charge in [-0.3, -0.25) is 0 Å². The van der Waals surface area contributed by atoms with Gasteiger partial charge in [0.25, 0.3) is 6.71 Å². The molecule has 10 aromatic rings. The van der Waals surface area contributed by atoms with Crippen LogP contribution in [0.15, 0.2) is 212 Å². The van der Waals surface area contributed by atoms with Crippen molar-refractivity contribution in [2.24, 2.45) is 0 Å². The highest BCUT2D eigenvalue weighted by Gasteiger charge is 2.45. The summed E-state index contributed by atoms with van der Waals surface area (Å²) < 4.78 is 0. The normalized spacial score (nSPS) is 14.1. The molecule has 0 radical (unpaired) electrons. The number of rotatable bonds is 9. The first-order chi connectivity index (χ1) is 40.5. The summed E-state index contributed by atoms with van der Waals surface area (Å²) >= 11 is 0. The summed E-state index contributed by atoms with van der Waals surface area (Å²) in [4.78, 5) is 7.73. The van der Waals surface area contributed by atoms with Crippen molar-refractivity contribution in [1.82, 2.24) is 0 Å². The average molecular weight is 1110 g/mol. The summed E-state index contributed by atoms with van der Waals surface area (Å²) in [7, 11) is 0. The van der Waals surface area contributed by atoms with E-state index in [9.17, 15) is 0 Å². The Morgan fingerprint density at radius 3 is 1.39 bits per heavy atom. The molecule has 10 aromatic carbocycles. The Morgan fingerprint density at radius 1 is 0.365 bits per heavy atom. The number of anilines is 9. The minimum Gasteiger partial charge on any atom is -0.311 e. The van der Waals surface area contributed by atoms with Crippen molar-refractivity contribution in [3.63, 3.8) is 0 Å². The fourth-order valence-corrected chi connectivity index (χ4v) is 14.1. The Hall–Kier alpha value is -8.34. The van der Waals surface area contributed by atoms with Gasteiger partial charge in [0.2, 0.25) is 0 Å². The molecular weight excluding hydrogens is 1030 g/mol. The lowest BCUT2D eigenvalue weighted by atomic mass is 9.33. The van der Waals surface area contributed by atoms with Gasteiger partial charge in [0.05, 0.1) is 0 Å². The Labute approximate surface area is 508 Å². The van der Waals surface area contributed by atoms with Crippen LogP contribution in [0.25, 0.3) is 33.4 Å². The zero-order valence-electron chi connectivity index (χ0n) is 52.8. The molecule has 0 unspecified atom stereocenters. The highest BCUT2D eigenvalue weighted by Crippen LogP contribution is 2.53. The molecule has 0 amide bonds. The third-order valence-corrected chi connectivity index (χ3v) is 18.9. The Bertz CT molecular complexity index is 4160. The standard InChI is InChI=1S/C81H82BN3/c1-51(2)63-22-16-18-24-65(63)53-28-35-60(36-29-53)84-73-45-30-54(66-25-19-17-23-64(66)52(3)4)46-72(73)82-71-44-42-62(83(58-37-31-55(32-38-58)78(5,6)7)59-39-33-56(34-40-59)79(8,9)10)50-74(71)85(76-48-57(80(11,12)13)47-75(84)77(76)82)61-41-43-68-67-26-20-21-27-69(67)81(14,15)70(68)49-61/h16-52H,1-15H3. The van der Waals surface area contributed by atoms with Gasteiger partial charge in [0.15, 0.2) is 0 Å². The molecule has 3 nitrogen and oxygen atoms in total. The maximum absolute atomic E-state index is 2.65. The molecule has 2 aliphatic heterocycles. The molecule has 4 heteroatoms. The van der Waals surface area contributed by atoms with Crippen LogP contribution < -0.4 is 31.1 Å². The van der Waals surface area contributed by atoms with Gasteiger partial charge in [0.1, 0.15) is 0 Å². The van der Waals surface area contributed by atoms with E-state index in [4.69, 9.17) is 0 Å². The topological polar surface area (TPSA) is 9.72 Å². The maximum Gasteiger partial charge on any atom is 0.252 e. The largest absolute Gasteiger partial charge is 0.311 e. The molecular formula is C81H82BN3. The molecule has 13 rings (SSSR count). The summed E-state index contributed by atoms with van der Waals surface area (Å²) in [5.74, 6) is 0.761. The number of nitrogens with zero attached hydrogens (tertiary/aromatic N) is 3. The molecule has 2 heterocycles. The molecule has 424 valence electrons. The number of hydrogen-bond acceptors (Lipinski definition) is 3. The van der Waals surface area contributed by atoms with Gasteiger partial charge in [0, 0.05) is 56.6 Å². The van der Waals surface area contributed by atoms with Crippen LogP contribution in [0.1, 0.15) is 155 Å². The third-order valence-electron chi connectivity index (χ3n) is 18.9. The van der Waals surface area contributed by atoms with Crippen molar-refractivity contribution >= 4 is 74.3 Å². The highest BCUT2D eigenvalue weighted by molar-refractivity contribution is 7.00. The smallest absolute Gasteiger partial charge is 0.252 e. The third kappa shape index (κ3) is 9.52. The second-order valence-corrected chi connectivity index (χ2v) is 28.7. The van der Waals surface area contributed by atoms with E-state index >= 15 is 0 Å². The van der Waals surface area contributed by atoms with Crippen LogP contribution >= 0.6 is 0 Å². The zero-order chi connectivity index (χ0) is 59.6. The lowest BCUT2D eigenvalue weighted by Crippen LogP contribution is -2.61. The minimum absolute atomic E-state index is 0.0136. The van der Waals surface area contributed by atoms with Crippen LogP contribution in [0.5, 0.6) is 0 Å². The molecule has 0 aromatic heterocycles. The van der Waals surface area contributed by atoms with Gasteiger partial charge in [-0.1, -0.05) is 237 Å². The quantitative estimate of drug-likeness (QED) is 0.133. The number of fused-ring (bicyclic) bond motifs is 7. The fourth-order valence-electron chi connectivity index (χ4n) is 14.1. The van der Waals surface area contributed by atoms with Crippen molar-refractivity contribution in [2.75, 3.05) is 14.7 Å². The molecule has 3 aliphatic rings. The second kappa shape index (κ2) is 20.4. The monoisotopic (exact) mass is 1110 g/mol. The van der Waals surface area contributed by atoms with Crippen LogP contribution in [0.2, 0.25) is 0 Å².